The minimum atomic E-state index is -4.02. The molecule has 1 aromatic rings. The van der Waals surface area contributed by atoms with Gasteiger partial charge in [-0.25, -0.2) is 8.42 Å². The average molecular weight is 384 g/mol. The number of nitrogens with zero attached hydrogens (tertiary/aromatic N) is 3. The van der Waals surface area contributed by atoms with Crippen LogP contribution in [0, 0.1) is 10.1 Å². The standard InChI is InChI=1S/C15H20N4O6S/c16-14(20)6-3-7-15(21)17-8-10-18(11-9-17)26(24,25)13-5-2-1-4-12(13)19(22)23/h1-2,4-5H,3,6-11H2,(H2,16,20). The maximum atomic E-state index is 12.7. The third kappa shape index (κ3) is 4.55. The van der Waals surface area contributed by atoms with Gasteiger partial charge in [0.2, 0.25) is 21.8 Å². The van der Waals surface area contributed by atoms with Crippen molar-refractivity contribution in [3.63, 3.8) is 0 Å². The van der Waals surface area contributed by atoms with Gasteiger partial charge in [0.15, 0.2) is 4.90 Å². The topological polar surface area (TPSA) is 144 Å². The molecule has 2 N–H and O–H groups in total. The van der Waals surface area contributed by atoms with Crippen molar-refractivity contribution in [2.75, 3.05) is 26.2 Å². The number of benzene rings is 1. The van der Waals surface area contributed by atoms with E-state index in [1.807, 2.05) is 0 Å². The Morgan fingerprint density at radius 2 is 1.73 bits per heavy atom. The molecular formula is C15H20N4O6S. The number of primary amides is 1. The van der Waals surface area contributed by atoms with E-state index in [0.717, 1.165) is 10.4 Å². The number of para-hydroxylation sites is 1. The molecule has 1 aliphatic heterocycles. The Kier molecular flexibility index (Phi) is 6.27. The van der Waals surface area contributed by atoms with Gasteiger partial charge in [0.25, 0.3) is 5.69 Å². The van der Waals surface area contributed by atoms with E-state index in [1.54, 1.807) is 0 Å². The number of sulfonamides is 1. The van der Waals surface area contributed by atoms with E-state index in [4.69, 9.17) is 5.73 Å². The van der Waals surface area contributed by atoms with Crippen LogP contribution in [0.2, 0.25) is 0 Å². The van der Waals surface area contributed by atoms with Crippen molar-refractivity contribution in [1.29, 1.82) is 0 Å². The second-order valence-corrected chi connectivity index (χ2v) is 7.74. The van der Waals surface area contributed by atoms with Gasteiger partial charge in [-0.1, -0.05) is 12.1 Å². The molecule has 10 nitrogen and oxygen atoms in total. The van der Waals surface area contributed by atoms with Crippen LogP contribution in [-0.2, 0) is 19.6 Å². The van der Waals surface area contributed by atoms with Crippen LogP contribution in [0.5, 0.6) is 0 Å². The fourth-order valence-electron chi connectivity index (χ4n) is 2.72. The highest BCUT2D eigenvalue weighted by Gasteiger charge is 2.34. The van der Waals surface area contributed by atoms with Gasteiger partial charge in [0.05, 0.1) is 4.92 Å². The quantitative estimate of drug-likeness (QED) is 0.521. The molecule has 0 bridgehead atoms. The van der Waals surface area contributed by atoms with E-state index in [9.17, 15) is 28.1 Å². The van der Waals surface area contributed by atoms with E-state index in [0.29, 0.717) is 6.42 Å². The lowest BCUT2D eigenvalue weighted by Crippen LogP contribution is -2.50. The summed E-state index contributed by atoms with van der Waals surface area (Å²) in [5, 5.41) is 11.1. The van der Waals surface area contributed by atoms with Crippen molar-refractivity contribution >= 4 is 27.5 Å². The maximum absolute atomic E-state index is 12.7. The zero-order chi connectivity index (χ0) is 19.3. The van der Waals surface area contributed by atoms with Gasteiger partial charge < -0.3 is 10.6 Å². The van der Waals surface area contributed by atoms with Crippen LogP contribution in [0.1, 0.15) is 19.3 Å². The number of hydrogen-bond acceptors (Lipinski definition) is 6. The number of carbonyl (C=O) groups excluding carboxylic acids is 2. The Bertz CT molecular complexity index is 802. The Labute approximate surface area is 150 Å². The van der Waals surface area contributed by atoms with E-state index in [1.165, 1.54) is 23.1 Å². The first-order valence-electron chi connectivity index (χ1n) is 8.03. The number of hydrogen-bond donors (Lipinski definition) is 1. The van der Waals surface area contributed by atoms with Crippen LogP contribution in [0.4, 0.5) is 5.69 Å². The van der Waals surface area contributed by atoms with Crippen molar-refractivity contribution in [1.82, 2.24) is 9.21 Å². The zero-order valence-corrected chi connectivity index (χ0v) is 14.9. The second kappa shape index (κ2) is 8.23. The van der Waals surface area contributed by atoms with E-state index in [2.05, 4.69) is 0 Å². The first-order valence-corrected chi connectivity index (χ1v) is 9.47. The van der Waals surface area contributed by atoms with Gasteiger partial charge in [-0.05, 0) is 12.5 Å². The van der Waals surface area contributed by atoms with E-state index < -0.39 is 26.5 Å². The molecule has 1 aliphatic rings. The van der Waals surface area contributed by atoms with E-state index in [-0.39, 0.29) is 49.8 Å². The molecule has 0 spiro atoms. The van der Waals surface area contributed by atoms with Gasteiger partial charge in [0, 0.05) is 45.1 Å². The SMILES string of the molecule is NC(=O)CCCC(=O)N1CCN(S(=O)(=O)c2ccccc2[N+](=O)[O-])CC1. The predicted octanol–water partition coefficient (Wildman–Crippen LogP) is 0.0833. The highest BCUT2D eigenvalue weighted by molar-refractivity contribution is 7.89. The normalized spacial score (nSPS) is 15.6. The number of rotatable bonds is 7. The third-order valence-corrected chi connectivity index (χ3v) is 6.03. The first-order chi connectivity index (χ1) is 12.2. The van der Waals surface area contributed by atoms with Crippen LogP contribution < -0.4 is 5.73 Å². The Balaban J connectivity index is 2.02. The Morgan fingerprint density at radius 1 is 1.12 bits per heavy atom. The summed E-state index contributed by atoms with van der Waals surface area (Å²) in [4.78, 5) is 34.3. The average Bonchev–Trinajstić information content (AvgIpc) is 2.61. The molecule has 26 heavy (non-hydrogen) atoms. The monoisotopic (exact) mass is 384 g/mol. The molecule has 0 unspecified atom stereocenters. The lowest BCUT2D eigenvalue weighted by molar-refractivity contribution is -0.387. The fraction of sp³-hybridized carbons (Fsp3) is 0.467. The number of carbonyl (C=O) groups is 2. The summed E-state index contributed by atoms with van der Waals surface area (Å²) in [6.45, 7) is 0.483. The lowest BCUT2D eigenvalue weighted by Gasteiger charge is -2.34. The predicted molar refractivity (Wildman–Crippen MR) is 91.5 cm³/mol. The summed E-state index contributed by atoms with van der Waals surface area (Å²) in [5.74, 6) is -0.646. The molecule has 0 saturated carbocycles. The smallest absolute Gasteiger partial charge is 0.289 e. The second-order valence-electron chi connectivity index (χ2n) is 5.83. The molecule has 0 atom stereocenters. The van der Waals surface area contributed by atoms with Gasteiger partial charge >= 0.3 is 0 Å². The molecule has 142 valence electrons. The zero-order valence-electron chi connectivity index (χ0n) is 14.0. The van der Waals surface area contributed by atoms with Crippen molar-refractivity contribution in [2.24, 2.45) is 5.73 Å². The summed E-state index contributed by atoms with van der Waals surface area (Å²) >= 11 is 0. The molecule has 1 fully saturated rings. The first kappa shape index (κ1) is 19.8. The van der Waals surface area contributed by atoms with E-state index >= 15 is 0 Å². The molecule has 0 aliphatic carbocycles. The van der Waals surface area contributed by atoms with Gasteiger partial charge in [-0.2, -0.15) is 4.31 Å². The summed E-state index contributed by atoms with van der Waals surface area (Å²) < 4.78 is 26.5. The molecule has 0 radical (unpaired) electrons. The highest BCUT2D eigenvalue weighted by atomic mass is 32.2. The Morgan fingerprint density at radius 3 is 2.31 bits per heavy atom. The molecule has 0 aromatic heterocycles. The molecule has 2 rings (SSSR count). The highest BCUT2D eigenvalue weighted by Crippen LogP contribution is 2.27. The Hall–Kier alpha value is -2.53. The summed E-state index contributed by atoms with van der Waals surface area (Å²) in [7, 11) is -4.02. The van der Waals surface area contributed by atoms with Crippen LogP contribution in [-0.4, -0.2) is 60.5 Å². The van der Waals surface area contributed by atoms with Crippen molar-refractivity contribution < 1.29 is 22.9 Å². The minimum absolute atomic E-state index is 0.0515. The molecule has 1 saturated heterocycles. The minimum Gasteiger partial charge on any atom is -0.370 e. The molecule has 11 heteroatoms. The lowest BCUT2D eigenvalue weighted by atomic mass is 10.2. The van der Waals surface area contributed by atoms with Gasteiger partial charge in [-0.3, -0.25) is 19.7 Å². The van der Waals surface area contributed by atoms with Gasteiger partial charge in [-0.15, -0.1) is 0 Å². The summed E-state index contributed by atoms with van der Waals surface area (Å²) in [6, 6.07) is 5.18. The van der Waals surface area contributed by atoms with Gasteiger partial charge in [0.1, 0.15) is 0 Å². The number of nitro groups is 1. The van der Waals surface area contributed by atoms with Crippen LogP contribution >= 0.6 is 0 Å². The number of nitrogens with two attached hydrogens (primary N) is 1. The van der Waals surface area contributed by atoms with Crippen molar-refractivity contribution in [2.45, 2.75) is 24.2 Å². The molecular weight excluding hydrogens is 364 g/mol. The fourth-order valence-corrected chi connectivity index (χ4v) is 4.29. The molecule has 1 heterocycles. The third-order valence-electron chi connectivity index (χ3n) is 4.08. The maximum Gasteiger partial charge on any atom is 0.289 e. The van der Waals surface area contributed by atoms with Crippen LogP contribution in [0.25, 0.3) is 0 Å². The van der Waals surface area contributed by atoms with Crippen LogP contribution in [0.3, 0.4) is 0 Å². The van der Waals surface area contributed by atoms with Crippen molar-refractivity contribution in [3.8, 4) is 0 Å². The summed E-state index contributed by atoms with van der Waals surface area (Å²) in [5.41, 5.74) is 4.55. The number of piperazine rings is 1. The summed E-state index contributed by atoms with van der Waals surface area (Å²) in [6.07, 6.45) is 0.639. The number of amides is 2. The largest absolute Gasteiger partial charge is 0.370 e. The van der Waals surface area contributed by atoms with Crippen molar-refractivity contribution in [3.05, 3.63) is 34.4 Å². The number of nitro benzene ring substituents is 1. The molecule has 1 aromatic carbocycles. The molecule has 2 amide bonds. The van der Waals surface area contributed by atoms with Crippen LogP contribution in [0.15, 0.2) is 29.2 Å².